The van der Waals surface area contributed by atoms with Crippen molar-refractivity contribution in [2.24, 2.45) is 7.05 Å². The van der Waals surface area contributed by atoms with Crippen molar-refractivity contribution in [3.8, 4) is 11.3 Å². The summed E-state index contributed by atoms with van der Waals surface area (Å²) in [5.74, 6) is 1.02. The monoisotopic (exact) mass is 391 g/mol. The van der Waals surface area contributed by atoms with Crippen molar-refractivity contribution < 1.29 is 4.79 Å². The topological polar surface area (TPSA) is 38.1 Å². The largest absolute Gasteiger partial charge is 0.336 e. The van der Waals surface area contributed by atoms with Crippen LogP contribution >= 0.6 is 11.8 Å². The maximum absolute atomic E-state index is 13.2. The molecule has 1 saturated heterocycles. The van der Waals surface area contributed by atoms with Crippen LogP contribution in [0.3, 0.4) is 0 Å². The number of carbonyl (C=O) groups is 1. The van der Waals surface area contributed by atoms with Crippen molar-refractivity contribution in [2.45, 2.75) is 18.6 Å². The SMILES string of the molecule is Cc1ccccc1[C@@H]1CCN(C(=O)c2cc(-c3ccccc3)nn2C)CCS1. The van der Waals surface area contributed by atoms with Crippen LogP contribution in [0.2, 0.25) is 0 Å². The zero-order chi connectivity index (χ0) is 19.5. The lowest BCUT2D eigenvalue weighted by atomic mass is 10.0. The van der Waals surface area contributed by atoms with Crippen LogP contribution in [0.5, 0.6) is 0 Å². The molecule has 0 radical (unpaired) electrons. The summed E-state index contributed by atoms with van der Waals surface area (Å²) in [6.45, 7) is 3.72. The van der Waals surface area contributed by atoms with Crippen molar-refractivity contribution in [1.29, 1.82) is 0 Å². The van der Waals surface area contributed by atoms with E-state index in [-0.39, 0.29) is 5.91 Å². The van der Waals surface area contributed by atoms with E-state index in [1.54, 1.807) is 4.68 Å². The molecule has 28 heavy (non-hydrogen) atoms. The van der Waals surface area contributed by atoms with Crippen LogP contribution in [-0.4, -0.2) is 39.4 Å². The van der Waals surface area contributed by atoms with Crippen LogP contribution < -0.4 is 0 Å². The number of thioether (sulfide) groups is 1. The summed E-state index contributed by atoms with van der Waals surface area (Å²) < 4.78 is 1.71. The number of amides is 1. The molecule has 1 aromatic heterocycles. The van der Waals surface area contributed by atoms with Crippen molar-refractivity contribution in [3.05, 3.63) is 77.5 Å². The molecule has 2 heterocycles. The number of aryl methyl sites for hydroxylation is 2. The number of aromatic nitrogens is 2. The Morgan fingerprint density at radius 1 is 1.07 bits per heavy atom. The molecule has 0 aliphatic carbocycles. The Kier molecular flexibility index (Phi) is 5.53. The molecule has 5 heteroatoms. The first-order valence-electron chi connectivity index (χ1n) is 9.69. The first kappa shape index (κ1) is 18.8. The van der Waals surface area contributed by atoms with Gasteiger partial charge in [-0.3, -0.25) is 9.48 Å². The summed E-state index contributed by atoms with van der Waals surface area (Å²) in [6.07, 6.45) is 0.977. The standard InChI is InChI=1S/C23H25N3OS/c1-17-8-6-7-11-19(17)22-12-13-26(14-15-28-22)23(27)21-16-20(24-25(21)2)18-9-4-3-5-10-18/h3-11,16,22H,12-15H2,1-2H3/t22-/m0/s1. The van der Waals surface area contributed by atoms with Gasteiger partial charge >= 0.3 is 0 Å². The Morgan fingerprint density at radius 3 is 2.61 bits per heavy atom. The Bertz CT molecular complexity index is 967. The summed E-state index contributed by atoms with van der Waals surface area (Å²) in [4.78, 5) is 15.2. The number of nitrogens with zero attached hydrogens (tertiary/aromatic N) is 3. The molecule has 1 aliphatic heterocycles. The molecule has 4 rings (SSSR count). The molecule has 2 aromatic carbocycles. The average molecular weight is 392 g/mol. The van der Waals surface area contributed by atoms with E-state index < -0.39 is 0 Å². The van der Waals surface area contributed by atoms with E-state index in [0.29, 0.717) is 10.9 Å². The van der Waals surface area contributed by atoms with Gasteiger partial charge in [0.15, 0.2) is 0 Å². The molecule has 144 valence electrons. The van der Waals surface area contributed by atoms with Gasteiger partial charge in [0.25, 0.3) is 5.91 Å². The molecule has 0 saturated carbocycles. The molecule has 1 aliphatic rings. The van der Waals surface area contributed by atoms with Gasteiger partial charge in [0.05, 0.1) is 5.69 Å². The van der Waals surface area contributed by atoms with Crippen LogP contribution in [0.1, 0.15) is 33.3 Å². The van der Waals surface area contributed by atoms with Gasteiger partial charge in [-0.05, 0) is 30.5 Å². The van der Waals surface area contributed by atoms with E-state index >= 15 is 0 Å². The lowest BCUT2D eigenvalue weighted by molar-refractivity contribution is 0.0755. The molecule has 0 spiro atoms. The third-order valence-electron chi connectivity index (χ3n) is 5.33. The van der Waals surface area contributed by atoms with Gasteiger partial charge in [-0.25, -0.2) is 0 Å². The molecule has 0 N–H and O–H groups in total. The minimum Gasteiger partial charge on any atom is -0.336 e. The van der Waals surface area contributed by atoms with E-state index in [1.807, 2.05) is 60.1 Å². The summed E-state index contributed by atoms with van der Waals surface area (Å²) in [6, 6.07) is 20.5. The third kappa shape index (κ3) is 3.85. The number of hydrogen-bond donors (Lipinski definition) is 0. The Morgan fingerprint density at radius 2 is 1.82 bits per heavy atom. The van der Waals surface area contributed by atoms with Gasteiger partial charge in [-0.2, -0.15) is 16.9 Å². The number of carbonyl (C=O) groups excluding carboxylic acids is 1. The van der Waals surface area contributed by atoms with Crippen LogP contribution in [0.15, 0.2) is 60.7 Å². The number of benzene rings is 2. The normalized spacial score (nSPS) is 17.4. The lowest BCUT2D eigenvalue weighted by Gasteiger charge is -2.20. The fraction of sp³-hybridized carbons (Fsp3) is 0.304. The molecule has 3 aromatic rings. The first-order valence-corrected chi connectivity index (χ1v) is 10.7. The maximum atomic E-state index is 13.2. The van der Waals surface area contributed by atoms with Crippen molar-refractivity contribution >= 4 is 17.7 Å². The van der Waals surface area contributed by atoms with Gasteiger partial charge in [-0.15, -0.1) is 0 Å². The zero-order valence-corrected chi connectivity index (χ0v) is 17.2. The summed E-state index contributed by atoms with van der Waals surface area (Å²) >= 11 is 1.96. The molecule has 0 bridgehead atoms. The van der Waals surface area contributed by atoms with Crippen LogP contribution in [-0.2, 0) is 7.05 Å². The van der Waals surface area contributed by atoms with E-state index in [2.05, 4.69) is 36.3 Å². The second-order valence-corrected chi connectivity index (χ2v) is 8.51. The summed E-state index contributed by atoms with van der Waals surface area (Å²) in [7, 11) is 1.85. The first-order chi connectivity index (χ1) is 13.6. The Labute approximate surface area is 170 Å². The highest BCUT2D eigenvalue weighted by atomic mass is 32.2. The summed E-state index contributed by atoms with van der Waals surface area (Å²) in [5, 5.41) is 5.01. The fourth-order valence-electron chi connectivity index (χ4n) is 3.75. The van der Waals surface area contributed by atoms with Gasteiger partial charge in [0, 0.05) is 36.7 Å². The molecular formula is C23H25N3OS. The summed E-state index contributed by atoms with van der Waals surface area (Å²) in [5.41, 5.74) is 5.25. The van der Waals surface area contributed by atoms with E-state index in [1.165, 1.54) is 11.1 Å². The number of rotatable bonds is 3. The lowest BCUT2D eigenvalue weighted by Crippen LogP contribution is -2.34. The Balaban J connectivity index is 1.50. The second-order valence-electron chi connectivity index (χ2n) is 7.20. The highest BCUT2D eigenvalue weighted by molar-refractivity contribution is 7.99. The predicted molar refractivity (Wildman–Crippen MR) is 116 cm³/mol. The molecule has 4 nitrogen and oxygen atoms in total. The predicted octanol–water partition coefficient (Wildman–Crippen LogP) is 4.72. The molecule has 1 fully saturated rings. The van der Waals surface area contributed by atoms with Gasteiger partial charge < -0.3 is 4.90 Å². The van der Waals surface area contributed by atoms with E-state index in [9.17, 15) is 4.79 Å². The maximum Gasteiger partial charge on any atom is 0.272 e. The second kappa shape index (κ2) is 8.23. The average Bonchev–Trinajstić information content (AvgIpc) is 2.95. The van der Waals surface area contributed by atoms with Gasteiger partial charge in [0.2, 0.25) is 0 Å². The smallest absolute Gasteiger partial charge is 0.272 e. The highest BCUT2D eigenvalue weighted by Gasteiger charge is 2.25. The molecular weight excluding hydrogens is 366 g/mol. The Hall–Kier alpha value is -2.53. The van der Waals surface area contributed by atoms with Crippen molar-refractivity contribution in [1.82, 2.24) is 14.7 Å². The number of hydrogen-bond acceptors (Lipinski definition) is 3. The highest BCUT2D eigenvalue weighted by Crippen LogP contribution is 2.36. The van der Waals surface area contributed by atoms with Gasteiger partial charge in [-0.1, -0.05) is 54.6 Å². The minimum absolute atomic E-state index is 0.0724. The molecule has 1 atom stereocenters. The van der Waals surface area contributed by atoms with E-state index in [4.69, 9.17) is 0 Å². The van der Waals surface area contributed by atoms with Crippen molar-refractivity contribution in [3.63, 3.8) is 0 Å². The third-order valence-corrected chi connectivity index (χ3v) is 6.64. The fourth-order valence-corrected chi connectivity index (χ4v) is 5.08. The minimum atomic E-state index is 0.0724. The van der Waals surface area contributed by atoms with Crippen LogP contribution in [0.4, 0.5) is 0 Å². The molecule has 0 unspecified atom stereocenters. The van der Waals surface area contributed by atoms with Crippen molar-refractivity contribution in [2.75, 3.05) is 18.8 Å². The van der Waals surface area contributed by atoms with E-state index in [0.717, 1.165) is 36.5 Å². The van der Waals surface area contributed by atoms with Crippen LogP contribution in [0.25, 0.3) is 11.3 Å². The quantitative estimate of drug-likeness (QED) is 0.649. The van der Waals surface area contributed by atoms with Gasteiger partial charge in [0.1, 0.15) is 5.69 Å². The van der Waals surface area contributed by atoms with Crippen LogP contribution in [0, 0.1) is 6.92 Å². The molecule has 1 amide bonds. The zero-order valence-electron chi connectivity index (χ0n) is 16.3.